The van der Waals surface area contributed by atoms with Gasteiger partial charge in [-0.3, -0.25) is 0 Å². The van der Waals surface area contributed by atoms with Crippen LogP contribution in [-0.4, -0.2) is 12.7 Å². The van der Waals surface area contributed by atoms with Gasteiger partial charge in [-0.05, 0) is 12.8 Å². The predicted molar refractivity (Wildman–Crippen MR) is 63.2 cm³/mol. The molecule has 18 heavy (non-hydrogen) atoms. The molecular weight excluding hydrogens is 245 g/mol. The number of rotatable bonds is 4. The molecule has 3 nitrogen and oxygen atoms in total. The Bertz CT molecular complexity index is 455. The van der Waals surface area contributed by atoms with Gasteiger partial charge in [0.25, 0.3) is 0 Å². The van der Waals surface area contributed by atoms with E-state index in [-0.39, 0.29) is 11.7 Å². The molecule has 0 aromatic heterocycles. The number of nitrogens with two attached hydrogens (primary N) is 1. The summed E-state index contributed by atoms with van der Waals surface area (Å²) in [6.07, 6.45) is 5.66. The van der Waals surface area contributed by atoms with E-state index in [2.05, 4.69) is 10.1 Å². The van der Waals surface area contributed by atoms with E-state index in [4.69, 9.17) is 5.73 Å². The summed E-state index contributed by atoms with van der Waals surface area (Å²) < 4.78 is 41.6. The van der Waals surface area contributed by atoms with E-state index >= 15 is 0 Å². The van der Waals surface area contributed by atoms with Crippen molar-refractivity contribution in [1.82, 2.24) is 0 Å². The van der Waals surface area contributed by atoms with Crippen LogP contribution >= 0.6 is 0 Å². The number of benzene rings is 1. The van der Waals surface area contributed by atoms with Crippen molar-refractivity contribution in [2.24, 2.45) is 0 Å². The van der Waals surface area contributed by atoms with Crippen LogP contribution in [0.15, 0.2) is 24.3 Å². The van der Waals surface area contributed by atoms with Gasteiger partial charge in [0, 0.05) is 18.2 Å². The second kappa shape index (κ2) is 5.20. The minimum Gasteiger partial charge on any atom is -0.432 e. The highest BCUT2D eigenvalue weighted by Crippen LogP contribution is 2.30. The Morgan fingerprint density at radius 2 is 1.94 bits per heavy atom. The van der Waals surface area contributed by atoms with Crippen molar-refractivity contribution in [2.45, 2.75) is 25.5 Å². The molecule has 1 aliphatic carbocycles. The third-order valence-corrected chi connectivity index (χ3v) is 2.69. The average molecular weight is 258 g/mol. The van der Waals surface area contributed by atoms with Crippen molar-refractivity contribution in [1.29, 1.82) is 0 Å². The number of halogens is 3. The molecule has 0 fully saturated rings. The molecule has 0 unspecified atom stereocenters. The van der Waals surface area contributed by atoms with Gasteiger partial charge < -0.3 is 15.8 Å². The molecular formula is C12H13F3N2O. The Kier molecular flexibility index (Phi) is 3.64. The fourth-order valence-corrected chi connectivity index (χ4v) is 1.84. The molecule has 1 aliphatic rings. The SMILES string of the molecule is Nc1cc(F)c(OC(F)F)cc1NC1CC=CC1. The summed E-state index contributed by atoms with van der Waals surface area (Å²) in [5.74, 6) is -1.41. The number of nitrogens with one attached hydrogen (secondary N) is 1. The first-order chi connectivity index (χ1) is 8.56. The maximum atomic E-state index is 13.3. The molecule has 0 atom stereocenters. The smallest absolute Gasteiger partial charge is 0.387 e. The summed E-state index contributed by atoms with van der Waals surface area (Å²) in [5.41, 5.74) is 6.20. The lowest BCUT2D eigenvalue weighted by Crippen LogP contribution is -2.16. The Morgan fingerprint density at radius 3 is 2.56 bits per heavy atom. The first-order valence-electron chi connectivity index (χ1n) is 5.51. The normalized spacial score (nSPS) is 15.3. The van der Waals surface area contributed by atoms with Crippen LogP contribution in [0.25, 0.3) is 0 Å². The topological polar surface area (TPSA) is 47.3 Å². The van der Waals surface area contributed by atoms with Gasteiger partial charge in [0.05, 0.1) is 11.4 Å². The van der Waals surface area contributed by atoms with Crippen molar-refractivity contribution >= 4 is 11.4 Å². The first-order valence-corrected chi connectivity index (χ1v) is 5.51. The lowest BCUT2D eigenvalue weighted by molar-refractivity contribution is -0.0521. The van der Waals surface area contributed by atoms with Crippen molar-refractivity contribution in [3.63, 3.8) is 0 Å². The second-order valence-corrected chi connectivity index (χ2v) is 4.03. The standard InChI is InChI=1S/C12H13F3N2O/c13-8-5-9(16)10(6-11(8)18-12(14)15)17-7-3-1-2-4-7/h1-2,5-7,12,17H,3-4,16H2. The van der Waals surface area contributed by atoms with E-state index in [0.29, 0.717) is 5.69 Å². The third kappa shape index (κ3) is 2.88. The van der Waals surface area contributed by atoms with E-state index in [1.807, 2.05) is 12.2 Å². The first kappa shape index (κ1) is 12.6. The van der Waals surface area contributed by atoms with Crippen LogP contribution in [0.4, 0.5) is 24.5 Å². The number of nitrogen functional groups attached to an aromatic ring is 1. The third-order valence-electron chi connectivity index (χ3n) is 2.69. The second-order valence-electron chi connectivity index (χ2n) is 4.03. The van der Waals surface area contributed by atoms with E-state index in [0.717, 1.165) is 25.0 Å². The highest BCUT2D eigenvalue weighted by Gasteiger charge is 2.16. The fourth-order valence-electron chi connectivity index (χ4n) is 1.84. The van der Waals surface area contributed by atoms with Gasteiger partial charge in [0.1, 0.15) is 0 Å². The molecule has 1 aromatic carbocycles. The molecule has 98 valence electrons. The zero-order valence-corrected chi connectivity index (χ0v) is 9.50. The monoisotopic (exact) mass is 258 g/mol. The van der Waals surface area contributed by atoms with Gasteiger partial charge in [-0.15, -0.1) is 0 Å². The molecule has 3 N–H and O–H groups in total. The minimum atomic E-state index is -3.07. The van der Waals surface area contributed by atoms with Gasteiger partial charge in [-0.2, -0.15) is 8.78 Å². The molecule has 0 bridgehead atoms. The summed E-state index contributed by atoms with van der Waals surface area (Å²) in [5, 5.41) is 3.07. The van der Waals surface area contributed by atoms with Crippen molar-refractivity contribution in [3.05, 3.63) is 30.1 Å². The molecule has 0 radical (unpaired) electrons. The molecule has 0 heterocycles. The number of hydrogen-bond donors (Lipinski definition) is 2. The molecule has 2 rings (SSSR count). The van der Waals surface area contributed by atoms with Crippen LogP contribution < -0.4 is 15.8 Å². The van der Waals surface area contributed by atoms with Crippen molar-refractivity contribution < 1.29 is 17.9 Å². The molecule has 1 aromatic rings. The van der Waals surface area contributed by atoms with E-state index in [1.54, 1.807) is 0 Å². The zero-order chi connectivity index (χ0) is 13.1. The Hall–Kier alpha value is -1.85. The van der Waals surface area contributed by atoms with Gasteiger partial charge in [0.2, 0.25) is 0 Å². The van der Waals surface area contributed by atoms with Gasteiger partial charge >= 0.3 is 6.61 Å². The Morgan fingerprint density at radius 1 is 1.28 bits per heavy atom. The largest absolute Gasteiger partial charge is 0.432 e. The molecule has 0 saturated carbocycles. The highest BCUT2D eigenvalue weighted by molar-refractivity contribution is 5.69. The van der Waals surface area contributed by atoms with Gasteiger partial charge in [0.15, 0.2) is 11.6 Å². The number of anilines is 2. The maximum absolute atomic E-state index is 13.3. The summed E-state index contributed by atoms with van der Waals surface area (Å²) in [6.45, 7) is -3.07. The fraction of sp³-hybridized carbons (Fsp3) is 0.333. The lowest BCUT2D eigenvalue weighted by Gasteiger charge is -2.17. The Balaban J connectivity index is 2.17. The summed E-state index contributed by atoms with van der Waals surface area (Å²) >= 11 is 0. The van der Waals surface area contributed by atoms with Crippen LogP contribution in [-0.2, 0) is 0 Å². The van der Waals surface area contributed by atoms with Gasteiger partial charge in [-0.25, -0.2) is 4.39 Å². The van der Waals surface area contributed by atoms with Gasteiger partial charge in [-0.1, -0.05) is 12.2 Å². The van der Waals surface area contributed by atoms with Crippen molar-refractivity contribution in [3.8, 4) is 5.75 Å². The minimum absolute atomic E-state index is 0.150. The summed E-state index contributed by atoms with van der Waals surface area (Å²) in [7, 11) is 0. The zero-order valence-electron chi connectivity index (χ0n) is 9.50. The number of ether oxygens (including phenoxy) is 1. The van der Waals surface area contributed by atoms with E-state index in [1.165, 1.54) is 0 Å². The Labute approximate surface area is 102 Å². The summed E-state index contributed by atoms with van der Waals surface area (Å²) in [4.78, 5) is 0. The van der Waals surface area contributed by atoms with E-state index < -0.39 is 18.2 Å². The van der Waals surface area contributed by atoms with Crippen LogP contribution in [0.3, 0.4) is 0 Å². The number of alkyl halides is 2. The molecule has 0 spiro atoms. The molecule has 0 amide bonds. The molecule has 6 heteroatoms. The quantitative estimate of drug-likeness (QED) is 0.644. The van der Waals surface area contributed by atoms with Crippen molar-refractivity contribution in [2.75, 3.05) is 11.1 Å². The average Bonchev–Trinajstić information content (AvgIpc) is 2.77. The molecule has 0 saturated heterocycles. The van der Waals surface area contributed by atoms with Crippen LogP contribution in [0, 0.1) is 5.82 Å². The number of hydrogen-bond acceptors (Lipinski definition) is 3. The van der Waals surface area contributed by atoms with Crippen LogP contribution in [0.1, 0.15) is 12.8 Å². The highest BCUT2D eigenvalue weighted by atomic mass is 19.3. The predicted octanol–water partition coefficient (Wildman–Crippen LogP) is 3.14. The van der Waals surface area contributed by atoms with Crippen LogP contribution in [0.2, 0.25) is 0 Å². The van der Waals surface area contributed by atoms with Crippen LogP contribution in [0.5, 0.6) is 5.75 Å². The maximum Gasteiger partial charge on any atom is 0.387 e. The molecule has 0 aliphatic heterocycles. The summed E-state index contributed by atoms with van der Waals surface area (Å²) in [6, 6.07) is 2.29. The lowest BCUT2D eigenvalue weighted by atomic mass is 10.2. The van der Waals surface area contributed by atoms with E-state index in [9.17, 15) is 13.2 Å².